The van der Waals surface area contributed by atoms with Gasteiger partial charge in [-0.15, -0.1) is 0 Å². The molecule has 0 N–H and O–H groups in total. The molecule has 0 amide bonds. The van der Waals surface area contributed by atoms with E-state index in [0.29, 0.717) is 0 Å². The third-order valence-electron chi connectivity index (χ3n) is 11.3. The summed E-state index contributed by atoms with van der Waals surface area (Å²) in [5.41, 5.74) is 9.84. The van der Waals surface area contributed by atoms with Crippen molar-refractivity contribution < 1.29 is 0 Å². The van der Waals surface area contributed by atoms with E-state index in [9.17, 15) is 0 Å². The average Bonchev–Trinajstić information content (AvgIpc) is 3.62. The van der Waals surface area contributed by atoms with E-state index in [1.165, 1.54) is 81.8 Å². The number of hydrogen-bond donors (Lipinski definition) is 0. The maximum atomic E-state index is 5.11. The predicted octanol–water partition coefficient (Wildman–Crippen LogP) is 13.9. The van der Waals surface area contributed by atoms with Gasteiger partial charge in [-0.05, 0) is 119 Å². The highest BCUT2D eigenvalue weighted by Crippen LogP contribution is 2.46. The molecule has 0 saturated heterocycles. The Hall–Kier alpha value is -6.77. The van der Waals surface area contributed by atoms with E-state index >= 15 is 0 Å². The molecule has 0 saturated carbocycles. The topological polar surface area (TPSA) is 17.8 Å². The number of fused-ring (bicyclic) bond motifs is 7. The molecule has 2 heteroatoms. The predicted molar refractivity (Wildman–Crippen MR) is 226 cm³/mol. The molecule has 2 nitrogen and oxygen atoms in total. The summed E-state index contributed by atoms with van der Waals surface area (Å²) in [6.07, 6.45) is 6.55. The minimum atomic E-state index is 0.918. The molecular formula is C51H34N2. The summed E-state index contributed by atoms with van der Waals surface area (Å²) in [6, 6.07) is 62.0. The molecule has 0 spiro atoms. The van der Waals surface area contributed by atoms with Crippen molar-refractivity contribution >= 4 is 76.2 Å². The van der Waals surface area contributed by atoms with Gasteiger partial charge in [0.2, 0.25) is 0 Å². The van der Waals surface area contributed by atoms with Crippen LogP contribution in [0.1, 0.15) is 18.4 Å². The maximum absolute atomic E-state index is 5.11. The number of imidazole rings is 1. The molecule has 1 aromatic heterocycles. The van der Waals surface area contributed by atoms with E-state index in [2.05, 4.69) is 187 Å². The smallest absolute Gasteiger partial charge is 0.145 e. The van der Waals surface area contributed by atoms with Gasteiger partial charge in [0.25, 0.3) is 0 Å². The van der Waals surface area contributed by atoms with E-state index in [1.54, 1.807) is 0 Å². The second kappa shape index (κ2) is 11.9. The first-order valence-electron chi connectivity index (χ1n) is 18.5. The molecule has 10 aromatic rings. The monoisotopic (exact) mass is 674 g/mol. The Bertz CT molecular complexity index is 3100. The van der Waals surface area contributed by atoms with Crippen LogP contribution < -0.4 is 0 Å². The Kier molecular flexibility index (Phi) is 6.72. The fourth-order valence-electron chi connectivity index (χ4n) is 8.88. The number of benzene rings is 9. The molecular weight excluding hydrogens is 641 g/mol. The zero-order valence-electron chi connectivity index (χ0n) is 29.1. The Balaban J connectivity index is 1.12. The van der Waals surface area contributed by atoms with Crippen LogP contribution in [0.3, 0.4) is 0 Å². The fourth-order valence-corrected chi connectivity index (χ4v) is 8.88. The minimum absolute atomic E-state index is 0.918. The Labute approximate surface area is 307 Å². The molecule has 53 heavy (non-hydrogen) atoms. The van der Waals surface area contributed by atoms with E-state index in [-0.39, 0.29) is 0 Å². The third kappa shape index (κ3) is 4.69. The van der Waals surface area contributed by atoms with Crippen LogP contribution in [0.2, 0.25) is 0 Å². The van der Waals surface area contributed by atoms with Gasteiger partial charge in [-0.3, -0.25) is 4.57 Å². The lowest BCUT2D eigenvalue weighted by Crippen LogP contribution is -2.04. The Morgan fingerprint density at radius 1 is 0.415 bits per heavy atom. The first kappa shape index (κ1) is 29.9. The van der Waals surface area contributed by atoms with Crippen molar-refractivity contribution in [3.8, 4) is 22.5 Å². The lowest BCUT2D eigenvalue weighted by molar-refractivity contribution is 0.972. The first-order valence-corrected chi connectivity index (χ1v) is 18.5. The summed E-state index contributed by atoms with van der Waals surface area (Å²) < 4.78 is 2.37. The highest BCUT2D eigenvalue weighted by molar-refractivity contribution is 6.23. The lowest BCUT2D eigenvalue weighted by atomic mass is 9.82. The molecule has 1 aliphatic rings. The quantitative estimate of drug-likeness (QED) is 0.134. The van der Waals surface area contributed by atoms with Crippen LogP contribution in [0, 0.1) is 0 Å². The van der Waals surface area contributed by atoms with Gasteiger partial charge in [0.1, 0.15) is 5.82 Å². The van der Waals surface area contributed by atoms with Gasteiger partial charge in [-0.25, -0.2) is 4.98 Å². The summed E-state index contributed by atoms with van der Waals surface area (Å²) in [5, 5.41) is 12.9. The second-order valence-electron chi connectivity index (χ2n) is 14.2. The first-order chi connectivity index (χ1) is 26.3. The fraction of sp³-hybridized carbons (Fsp3) is 0.0392. The zero-order chi connectivity index (χ0) is 34.9. The average molecular weight is 675 g/mol. The Morgan fingerprint density at radius 3 is 1.79 bits per heavy atom. The molecule has 0 radical (unpaired) electrons. The van der Waals surface area contributed by atoms with Crippen molar-refractivity contribution in [1.29, 1.82) is 0 Å². The van der Waals surface area contributed by atoms with Gasteiger partial charge < -0.3 is 0 Å². The summed E-state index contributed by atoms with van der Waals surface area (Å²) in [4.78, 5) is 5.11. The second-order valence-corrected chi connectivity index (χ2v) is 14.2. The number of para-hydroxylation sites is 2. The molecule has 248 valence electrons. The largest absolute Gasteiger partial charge is 0.296 e. The standard InChI is InChI=1S/C51H34N2/c1-2-13-34(14-3-1)51-52-47-23-10-11-24-48(47)53(51)38-28-25-33(26-29-38)49-42-17-6-8-19-44(42)50(45-20-9-7-18-43(45)49)41-22-12-21-39-40(41)30-27-37-31-35-15-4-5-16-36(35)32-46(37)39/h1-25,27-28,30-32H,26,29H2. The van der Waals surface area contributed by atoms with Crippen molar-refractivity contribution in [2.45, 2.75) is 12.8 Å². The van der Waals surface area contributed by atoms with E-state index in [4.69, 9.17) is 4.98 Å². The highest BCUT2D eigenvalue weighted by Gasteiger charge is 2.22. The van der Waals surface area contributed by atoms with Gasteiger partial charge in [0, 0.05) is 11.3 Å². The van der Waals surface area contributed by atoms with Crippen LogP contribution in [0.4, 0.5) is 0 Å². The van der Waals surface area contributed by atoms with Gasteiger partial charge in [-0.1, -0.05) is 152 Å². The minimum Gasteiger partial charge on any atom is -0.296 e. The SMILES string of the molecule is C1=C(c2c3ccccc3c(-c3cccc4c3ccc3cc5ccccc5cc34)c3ccccc23)CCC(n2c(-c3ccccc3)nc3ccccc32)=C1. The van der Waals surface area contributed by atoms with Gasteiger partial charge in [0.15, 0.2) is 0 Å². The van der Waals surface area contributed by atoms with Gasteiger partial charge >= 0.3 is 0 Å². The van der Waals surface area contributed by atoms with Crippen LogP contribution in [0.25, 0.3) is 98.7 Å². The number of rotatable bonds is 4. The van der Waals surface area contributed by atoms with E-state index in [1.807, 2.05) is 0 Å². The highest BCUT2D eigenvalue weighted by atomic mass is 15.1. The van der Waals surface area contributed by atoms with Crippen LogP contribution in [-0.4, -0.2) is 9.55 Å². The van der Waals surface area contributed by atoms with Crippen molar-refractivity contribution in [3.05, 3.63) is 188 Å². The normalized spacial score (nSPS) is 13.4. The van der Waals surface area contributed by atoms with Gasteiger partial charge in [0.05, 0.1) is 11.0 Å². The number of aromatic nitrogens is 2. The molecule has 0 fully saturated rings. The van der Waals surface area contributed by atoms with Crippen molar-refractivity contribution in [3.63, 3.8) is 0 Å². The number of allylic oxidation sites excluding steroid dienone is 4. The van der Waals surface area contributed by atoms with Crippen molar-refractivity contribution in [2.24, 2.45) is 0 Å². The summed E-state index contributed by atoms with van der Waals surface area (Å²) >= 11 is 0. The van der Waals surface area contributed by atoms with Crippen LogP contribution in [-0.2, 0) is 0 Å². The molecule has 0 aliphatic heterocycles. The molecule has 0 atom stereocenters. The lowest BCUT2D eigenvalue weighted by Gasteiger charge is -2.23. The summed E-state index contributed by atoms with van der Waals surface area (Å²) in [7, 11) is 0. The number of nitrogens with zero attached hydrogens (tertiary/aromatic N) is 2. The van der Waals surface area contributed by atoms with Crippen molar-refractivity contribution in [2.75, 3.05) is 0 Å². The molecule has 0 bridgehead atoms. The molecule has 1 aliphatic carbocycles. The van der Waals surface area contributed by atoms with E-state index in [0.717, 1.165) is 35.3 Å². The summed E-state index contributed by atoms with van der Waals surface area (Å²) in [6.45, 7) is 0. The maximum Gasteiger partial charge on any atom is 0.145 e. The number of hydrogen-bond acceptors (Lipinski definition) is 1. The third-order valence-corrected chi connectivity index (χ3v) is 11.3. The molecule has 9 aromatic carbocycles. The van der Waals surface area contributed by atoms with Crippen molar-refractivity contribution in [1.82, 2.24) is 9.55 Å². The van der Waals surface area contributed by atoms with Crippen LogP contribution in [0.15, 0.2) is 182 Å². The van der Waals surface area contributed by atoms with Crippen LogP contribution in [0.5, 0.6) is 0 Å². The van der Waals surface area contributed by atoms with Crippen LogP contribution >= 0.6 is 0 Å². The molecule has 1 heterocycles. The summed E-state index contributed by atoms with van der Waals surface area (Å²) in [5.74, 6) is 0.992. The van der Waals surface area contributed by atoms with E-state index < -0.39 is 0 Å². The molecule has 0 unspecified atom stereocenters. The molecule has 11 rings (SSSR count). The van der Waals surface area contributed by atoms with Gasteiger partial charge in [-0.2, -0.15) is 0 Å². The Morgan fingerprint density at radius 2 is 1.06 bits per heavy atom. The zero-order valence-corrected chi connectivity index (χ0v) is 29.1.